The van der Waals surface area contributed by atoms with Gasteiger partial charge in [-0.05, 0) is 44.5 Å². The van der Waals surface area contributed by atoms with E-state index in [4.69, 9.17) is 0 Å². The van der Waals surface area contributed by atoms with Gasteiger partial charge in [-0.3, -0.25) is 0 Å². The van der Waals surface area contributed by atoms with Crippen molar-refractivity contribution in [2.24, 2.45) is 0 Å². The fourth-order valence-electron chi connectivity index (χ4n) is 2.05. The van der Waals surface area contributed by atoms with E-state index in [2.05, 4.69) is 42.3 Å². The molecule has 0 radical (unpaired) electrons. The van der Waals surface area contributed by atoms with Crippen LogP contribution in [0, 0.1) is 20.8 Å². The van der Waals surface area contributed by atoms with Gasteiger partial charge in [0.25, 0.3) is 0 Å². The molecule has 2 rings (SSSR count). The summed E-state index contributed by atoms with van der Waals surface area (Å²) in [6, 6.07) is 6.72. The van der Waals surface area contributed by atoms with Crippen LogP contribution in [-0.2, 0) is 0 Å². The summed E-state index contributed by atoms with van der Waals surface area (Å²) in [5, 5.41) is 4.50. The molecular weight excluding hydrogens is 228 g/mol. The van der Waals surface area contributed by atoms with Gasteiger partial charge in [0.2, 0.25) is 0 Å². The fourth-order valence-corrected chi connectivity index (χ4v) is 2.96. The summed E-state index contributed by atoms with van der Waals surface area (Å²) in [4.78, 5) is 5.62. The molecule has 1 aromatic carbocycles. The van der Waals surface area contributed by atoms with Crippen LogP contribution in [0.2, 0.25) is 0 Å². The molecule has 1 atom stereocenters. The Morgan fingerprint density at radius 1 is 1.24 bits per heavy atom. The van der Waals surface area contributed by atoms with Crippen molar-refractivity contribution < 1.29 is 0 Å². The Morgan fingerprint density at radius 2 is 2.00 bits per heavy atom. The molecule has 1 aromatic heterocycles. The maximum atomic E-state index is 4.34. The first-order valence-corrected chi connectivity index (χ1v) is 6.61. The van der Waals surface area contributed by atoms with Crippen molar-refractivity contribution in [2.75, 3.05) is 7.05 Å². The van der Waals surface area contributed by atoms with Gasteiger partial charge in [-0.15, -0.1) is 11.3 Å². The van der Waals surface area contributed by atoms with E-state index < -0.39 is 0 Å². The number of nitrogens with zero attached hydrogens (tertiary/aromatic N) is 1. The predicted octanol–water partition coefficient (Wildman–Crippen LogP) is 3.38. The van der Waals surface area contributed by atoms with Crippen molar-refractivity contribution in [3.8, 4) is 0 Å². The smallest absolute Gasteiger partial charge is 0.0897 e. The molecule has 0 aliphatic rings. The molecule has 1 unspecified atom stereocenters. The quantitative estimate of drug-likeness (QED) is 0.898. The average Bonchev–Trinajstić information content (AvgIpc) is 2.72. The highest BCUT2D eigenvalue weighted by molar-refractivity contribution is 7.11. The summed E-state index contributed by atoms with van der Waals surface area (Å²) in [6.07, 6.45) is 1.98. The van der Waals surface area contributed by atoms with Crippen molar-refractivity contribution in [3.05, 3.63) is 51.0 Å². The largest absolute Gasteiger partial charge is 0.309 e. The molecule has 2 aromatic rings. The number of nitrogens with one attached hydrogen (secondary N) is 1. The van der Waals surface area contributed by atoms with Crippen LogP contribution < -0.4 is 5.32 Å². The third-order valence-corrected chi connectivity index (χ3v) is 4.15. The molecule has 0 aliphatic carbocycles. The summed E-state index contributed by atoms with van der Waals surface area (Å²) in [7, 11) is 2.00. The van der Waals surface area contributed by atoms with Crippen LogP contribution >= 0.6 is 11.3 Å². The number of thiazole rings is 1. The van der Waals surface area contributed by atoms with Crippen molar-refractivity contribution in [1.29, 1.82) is 0 Å². The summed E-state index contributed by atoms with van der Waals surface area (Å²) in [5.41, 5.74) is 4.04. The standard InChI is InChI=1S/C14H18N2S/c1-9-6-5-7-12(10(9)2)14(15-4)13-8-16-11(3)17-13/h5-8,14-15H,1-4H3. The first kappa shape index (κ1) is 12.3. The zero-order valence-electron chi connectivity index (χ0n) is 10.7. The van der Waals surface area contributed by atoms with Crippen LogP contribution in [0.3, 0.4) is 0 Å². The molecule has 0 fully saturated rings. The first-order valence-electron chi connectivity index (χ1n) is 5.79. The summed E-state index contributed by atoms with van der Waals surface area (Å²) >= 11 is 1.76. The Kier molecular flexibility index (Phi) is 3.60. The molecule has 0 saturated carbocycles. The normalized spacial score (nSPS) is 12.7. The molecule has 0 aliphatic heterocycles. The number of hydrogen-bond acceptors (Lipinski definition) is 3. The van der Waals surface area contributed by atoms with Crippen LogP contribution in [0.5, 0.6) is 0 Å². The van der Waals surface area contributed by atoms with Gasteiger partial charge in [-0.25, -0.2) is 4.98 Å². The maximum Gasteiger partial charge on any atom is 0.0897 e. The van der Waals surface area contributed by atoms with E-state index in [1.807, 2.05) is 20.2 Å². The average molecular weight is 246 g/mol. The lowest BCUT2D eigenvalue weighted by Gasteiger charge is -2.18. The molecule has 3 heteroatoms. The van der Waals surface area contributed by atoms with E-state index in [0.717, 1.165) is 5.01 Å². The van der Waals surface area contributed by atoms with E-state index in [0.29, 0.717) is 0 Å². The number of aryl methyl sites for hydroxylation is 2. The highest BCUT2D eigenvalue weighted by Gasteiger charge is 2.16. The van der Waals surface area contributed by atoms with Crippen molar-refractivity contribution in [2.45, 2.75) is 26.8 Å². The highest BCUT2D eigenvalue weighted by atomic mass is 32.1. The lowest BCUT2D eigenvalue weighted by atomic mass is 9.97. The van der Waals surface area contributed by atoms with E-state index in [-0.39, 0.29) is 6.04 Å². The second kappa shape index (κ2) is 4.98. The minimum Gasteiger partial charge on any atom is -0.309 e. The number of hydrogen-bond donors (Lipinski definition) is 1. The van der Waals surface area contributed by atoms with Crippen LogP contribution in [-0.4, -0.2) is 12.0 Å². The lowest BCUT2D eigenvalue weighted by molar-refractivity contribution is 0.697. The minimum absolute atomic E-state index is 0.251. The predicted molar refractivity (Wildman–Crippen MR) is 73.7 cm³/mol. The van der Waals surface area contributed by atoms with Crippen molar-refractivity contribution in [3.63, 3.8) is 0 Å². The Bertz CT molecular complexity index is 517. The van der Waals surface area contributed by atoms with Gasteiger partial charge >= 0.3 is 0 Å². The third-order valence-electron chi connectivity index (χ3n) is 3.17. The van der Waals surface area contributed by atoms with Crippen LogP contribution in [0.25, 0.3) is 0 Å². The van der Waals surface area contributed by atoms with Crippen molar-refractivity contribution in [1.82, 2.24) is 10.3 Å². The Labute approximate surface area is 107 Å². The van der Waals surface area contributed by atoms with Crippen LogP contribution in [0.1, 0.15) is 32.6 Å². The lowest BCUT2D eigenvalue weighted by Crippen LogP contribution is -2.17. The molecular formula is C14H18N2S. The summed E-state index contributed by atoms with van der Waals surface area (Å²) < 4.78 is 0. The second-order valence-corrected chi connectivity index (χ2v) is 5.56. The van der Waals surface area contributed by atoms with Gasteiger partial charge in [0.05, 0.1) is 11.0 Å². The SMILES string of the molecule is CNC(c1cnc(C)s1)c1cccc(C)c1C. The number of aromatic nitrogens is 1. The van der Waals surface area contributed by atoms with E-state index in [1.165, 1.54) is 21.6 Å². The van der Waals surface area contributed by atoms with Crippen LogP contribution in [0.4, 0.5) is 0 Å². The van der Waals surface area contributed by atoms with Gasteiger partial charge in [-0.1, -0.05) is 18.2 Å². The van der Waals surface area contributed by atoms with Gasteiger partial charge < -0.3 is 5.32 Å². The highest BCUT2D eigenvalue weighted by Crippen LogP contribution is 2.29. The molecule has 90 valence electrons. The molecule has 0 spiro atoms. The Morgan fingerprint density at radius 3 is 2.59 bits per heavy atom. The van der Waals surface area contributed by atoms with E-state index in [1.54, 1.807) is 11.3 Å². The van der Waals surface area contributed by atoms with Gasteiger partial charge in [0.15, 0.2) is 0 Å². The van der Waals surface area contributed by atoms with Gasteiger partial charge in [0.1, 0.15) is 0 Å². The topological polar surface area (TPSA) is 24.9 Å². The molecule has 0 saturated heterocycles. The molecule has 1 heterocycles. The first-order chi connectivity index (χ1) is 8.13. The molecule has 0 bridgehead atoms. The summed E-state index contributed by atoms with van der Waals surface area (Å²) in [5.74, 6) is 0. The molecule has 2 nitrogen and oxygen atoms in total. The Hall–Kier alpha value is -1.19. The molecule has 0 amide bonds. The monoisotopic (exact) mass is 246 g/mol. The Balaban J connectivity index is 2.45. The fraction of sp³-hybridized carbons (Fsp3) is 0.357. The zero-order chi connectivity index (χ0) is 12.4. The van der Waals surface area contributed by atoms with Crippen molar-refractivity contribution >= 4 is 11.3 Å². The number of rotatable bonds is 3. The van der Waals surface area contributed by atoms with Crippen LogP contribution in [0.15, 0.2) is 24.4 Å². The van der Waals surface area contributed by atoms with E-state index in [9.17, 15) is 0 Å². The maximum absolute atomic E-state index is 4.34. The molecule has 1 N–H and O–H groups in total. The van der Waals surface area contributed by atoms with Gasteiger partial charge in [-0.2, -0.15) is 0 Å². The third kappa shape index (κ3) is 2.40. The zero-order valence-corrected chi connectivity index (χ0v) is 11.6. The van der Waals surface area contributed by atoms with E-state index >= 15 is 0 Å². The minimum atomic E-state index is 0.251. The van der Waals surface area contributed by atoms with Gasteiger partial charge in [0, 0.05) is 11.1 Å². The number of benzene rings is 1. The molecule has 17 heavy (non-hydrogen) atoms. The second-order valence-electron chi connectivity index (χ2n) is 4.29. The summed E-state index contributed by atoms with van der Waals surface area (Å²) in [6.45, 7) is 6.39.